The SMILES string of the molecule is CC1=CCC[C@@H]2[C@@](C)(Cc3cc(O)ccc3O)[C@@H](C)CC[C@@]12C. The fraction of sp³-hybridized carbons (Fsp3) is 0.619. The number of aromatic hydroxyl groups is 2. The van der Waals surface area contributed by atoms with Crippen LogP contribution in [0.2, 0.25) is 0 Å². The van der Waals surface area contributed by atoms with Crippen molar-refractivity contribution in [1.82, 2.24) is 0 Å². The summed E-state index contributed by atoms with van der Waals surface area (Å²) in [5, 5.41) is 20.1. The zero-order valence-corrected chi connectivity index (χ0v) is 14.9. The van der Waals surface area contributed by atoms with Gasteiger partial charge in [-0.25, -0.2) is 0 Å². The molecule has 0 amide bonds. The monoisotopic (exact) mass is 314 g/mol. The lowest BCUT2D eigenvalue weighted by atomic mass is 9.47. The third-order valence-corrected chi connectivity index (χ3v) is 7.23. The van der Waals surface area contributed by atoms with Crippen molar-refractivity contribution < 1.29 is 10.2 Å². The van der Waals surface area contributed by atoms with Crippen LogP contribution in [0.15, 0.2) is 29.8 Å². The molecule has 2 nitrogen and oxygen atoms in total. The quantitative estimate of drug-likeness (QED) is 0.564. The lowest BCUT2D eigenvalue weighted by Crippen LogP contribution is -2.50. The van der Waals surface area contributed by atoms with E-state index >= 15 is 0 Å². The van der Waals surface area contributed by atoms with E-state index in [1.807, 2.05) is 0 Å². The molecular formula is C21H30O2. The van der Waals surface area contributed by atoms with E-state index in [0.717, 1.165) is 12.0 Å². The summed E-state index contributed by atoms with van der Waals surface area (Å²) in [7, 11) is 0. The molecule has 0 heterocycles. The topological polar surface area (TPSA) is 40.5 Å². The fourth-order valence-corrected chi connectivity index (χ4v) is 5.33. The molecule has 1 fully saturated rings. The molecule has 2 aliphatic rings. The van der Waals surface area contributed by atoms with E-state index in [-0.39, 0.29) is 16.6 Å². The lowest BCUT2D eigenvalue weighted by molar-refractivity contribution is -0.0412. The van der Waals surface area contributed by atoms with Crippen molar-refractivity contribution in [3.63, 3.8) is 0 Å². The second-order valence-electron chi connectivity index (χ2n) is 8.37. The highest BCUT2D eigenvalue weighted by molar-refractivity contribution is 5.39. The van der Waals surface area contributed by atoms with Crippen LogP contribution in [0.1, 0.15) is 58.9 Å². The average molecular weight is 314 g/mol. The molecule has 1 aromatic rings. The predicted octanol–water partition coefficient (Wildman–Crippen LogP) is 5.44. The van der Waals surface area contributed by atoms with Gasteiger partial charge in [0.15, 0.2) is 0 Å². The Balaban J connectivity index is 2.00. The minimum Gasteiger partial charge on any atom is -0.508 e. The van der Waals surface area contributed by atoms with Gasteiger partial charge in [-0.05, 0) is 85.5 Å². The first-order valence-corrected chi connectivity index (χ1v) is 8.95. The van der Waals surface area contributed by atoms with Gasteiger partial charge in [0.2, 0.25) is 0 Å². The highest BCUT2D eigenvalue weighted by atomic mass is 16.3. The number of hydrogen-bond acceptors (Lipinski definition) is 2. The highest BCUT2D eigenvalue weighted by Crippen LogP contribution is 2.61. The molecule has 2 N–H and O–H groups in total. The third-order valence-electron chi connectivity index (χ3n) is 7.23. The van der Waals surface area contributed by atoms with E-state index in [4.69, 9.17) is 0 Å². The van der Waals surface area contributed by atoms with Gasteiger partial charge in [-0.1, -0.05) is 32.4 Å². The van der Waals surface area contributed by atoms with Crippen molar-refractivity contribution in [2.24, 2.45) is 22.7 Å². The Morgan fingerprint density at radius 2 is 1.91 bits per heavy atom. The minimum atomic E-state index is 0.147. The maximum Gasteiger partial charge on any atom is 0.119 e. The summed E-state index contributed by atoms with van der Waals surface area (Å²) in [4.78, 5) is 0. The highest BCUT2D eigenvalue weighted by Gasteiger charge is 2.53. The van der Waals surface area contributed by atoms with Gasteiger partial charge in [0.25, 0.3) is 0 Å². The zero-order valence-electron chi connectivity index (χ0n) is 14.9. The van der Waals surface area contributed by atoms with Crippen LogP contribution in [0.3, 0.4) is 0 Å². The third kappa shape index (κ3) is 2.56. The number of fused-ring (bicyclic) bond motifs is 1. The minimum absolute atomic E-state index is 0.147. The van der Waals surface area contributed by atoms with Gasteiger partial charge in [-0.15, -0.1) is 0 Å². The second-order valence-corrected chi connectivity index (χ2v) is 8.37. The number of phenols is 2. The smallest absolute Gasteiger partial charge is 0.119 e. The van der Waals surface area contributed by atoms with E-state index in [1.165, 1.54) is 25.7 Å². The standard InChI is InChI=1S/C21H30O2/c1-14-6-5-7-19-20(14,3)11-10-15(2)21(19,4)13-16-12-17(22)8-9-18(16)23/h6,8-9,12,15,19,22-23H,5,7,10-11,13H2,1-4H3/t15-,19-,20-,21-/m0/s1. The number of phenolic OH excluding ortho intramolecular Hbond substituents is 2. The van der Waals surface area contributed by atoms with E-state index in [9.17, 15) is 10.2 Å². The van der Waals surface area contributed by atoms with Gasteiger partial charge < -0.3 is 10.2 Å². The molecule has 0 spiro atoms. The van der Waals surface area contributed by atoms with Crippen LogP contribution in [-0.4, -0.2) is 10.2 Å². The van der Waals surface area contributed by atoms with E-state index in [0.29, 0.717) is 17.6 Å². The normalized spacial score (nSPS) is 37.1. The molecule has 0 aromatic heterocycles. The molecule has 0 aliphatic heterocycles. The van der Waals surface area contributed by atoms with Gasteiger partial charge in [0.05, 0.1) is 0 Å². The fourth-order valence-electron chi connectivity index (χ4n) is 5.33. The Hall–Kier alpha value is -1.44. The predicted molar refractivity (Wildman–Crippen MR) is 94.6 cm³/mol. The van der Waals surface area contributed by atoms with Gasteiger partial charge in [0.1, 0.15) is 11.5 Å². The van der Waals surface area contributed by atoms with Crippen molar-refractivity contribution in [3.8, 4) is 11.5 Å². The summed E-state index contributed by atoms with van der Waals surface area (Å²) in [6, 6.07) is 4.92. The van der Waals surface area contributed by atoms with Crippen LogP contribution in [-0.2, 0) is 6.42 Å². The molecule has 0 saturated heterocycles. The van der Waals surface area contributed by atoms with Crippen molar-refractivity contribution in [3.05, 3.63) is 35.4 Å². The maximum atomic E-state index is 10.3. The first-order valence-electron chi connectivity index (χ1n) is 8.95. The summed E-state index contributed by atoms with van der Waals surface area (Å²) in [6.07, 6.45) is 8.16. The number of rotatable bonds is 2. The Kier molecular flexibility index (Phi) is 3.98. The molecule has 23 heavy (non-hydrogen) atoms. The van der Waals surface area contributed by atoms with Gasteiger partial charge in [-0.2, -0.15) is 0 Å². The zero-order chi connectivity index (χ0) is 16.8. The first kappa shape index (κ1) is 16.4. The largest absolute Gasteiger partial charge is 0.508 e. The molecule has 1 saturated carbocycles. The summed E-state index contributed by atoms with van der Waals surface area (Å²) >= 11 is 0. The number of allylic oxidation sites excluding steroid dienone is 2. The number of benzene rings is 1. The van der Waals surface area contributed by atoms with Crippen molar-refractivity contribution in [1.29, 1.82) is 0 Å². The summed E-state index contributed by atoms with van der Waals surface area (Å²) in [5.41, 5.74) is 2.86. The molecule has 0 unspecified atom stereocenters. The molecule has 0 bridgehead atoms. The van der Waals surface area contributed by atoms with E-state index in [1.54, 1.807) is 23.8 Å². The molecular weight excluding hydrogens is 284 g/mol. The molecule has 126 valence electrons. The van der Waals surface area contributed by atoms with Crippen LogP contribution < -0.4 is 0 Å². The Labute approximate surface area is 140 Å². The van der Waals surface area contributed by atoms with Gasteiger partial charge >= 0.3 is 0 Å². The Morgan fingerprint density at radius 3 is 2.65 bits per heavy atom. The van der Waals surface area contributed by atoms with Crippen molar-refractivity contribution in [2.75, 3.05) is 0 Å². The van der Waals surface area contributed by atoms with E-state index < -0.39 is 0 Å². The molecule has 4 atom stereocenters. The van der Waals surface area contributed by atoms with Crippen LogP contribution in [0.5, 0.6) is 11.5 Å². The molecule has 2 aliphatic carbocycles. The molecule has 0 radical (unpaired) electrons. The molecule has 1 aromatic carbocycles. The summed E-state index contributed by atoms with van der Waals surface area (Å²) in [6.45, 7) is 9.51. The van der Waals surface area contributed by atoms with Gasteiger partial charge in [-0.3, -0.25) is 0 Å². The van der Waals surface area contributed by atoms with Crippen molar-refractivity contribution in [2.45, 2.75) is 59.8 Å². The number of hydrogen-bond donors (Lipinski definition) is 2. The summed E-state index contributed by atoms with van der Waals surface area (Å²) in [5.74, 6) is 1.80. The van der Waals surface area contributed by atoms with Crippen molar-refractivity contribution >= 4 is 0 Å². The second kappa shape index (κ2) is 5.58. The van der Waals surface area contributed by atoms with E-state index in [2.05, 4.69) is 33.8 Å². The van der Waals surface area contributed by atoms with Crippen LogP contribution in [0, 0.1) is 22.7 Å². The van der Waals surface area contributed by atoms with Crippen LogP contribution >= 0.6 is 0 Å². The maximum absolute atomic E-state index is 10.3. The average Bonchev–Trinajstić information content (AvgIpc) is 2.50. The Morgan fingerprint density at radius 1 is 1.17 bits per heavy atom. The van der Waals surface area contributed by atoms with Crippen LogP contribution in [0.4, 0.5) is 0 Å². The summed E-state index contributed by atoms with van der Waals surface area (Å²) < 4.78 is 0. The molecule has 3 rings (SSSR count). The Bertz CT molecular complexity index is 633. The molecule has 2 heteroatoms. The van der Waals surface area contributed by atoms with Gasteiger partial charge in [0, 0.05) is 0 Å². The lowest BCUT2D eigenvalue weighted by Gasteiger charge is -2.58. The van der Waals surface area contributed by atoms with Crippen LogP contribution in [0.25, 0.3) is 0 Å². The first-order chi connectivity index (χ1) is 10.8.